The minimum atomic E-state index is -0.614. The Morgan fingerprint density at radius 1 is 1.33 bits per heavy atom. The number of rotatable bonds is 2. The lowest BCUT2D eigenvalue weighted by atomic mass is 10.1. The molecule has 0 saturated carbocycles. The van der Waals surface area contributed by atoms with Crippen LogP contribution in [0.15, 0.2) is 12.1 Å². The Morgan fingerprint density at radius 3 is 2.73 bits per heavy atom. The molecule has 0 heterocycles. The van der Waals surface area contributed by atoms with E-state index in [-0.39, 0.29) is 5.56 Å². The molecule has 0 amide bonds. The van der Waals surface area contributed by atoms with Crippen LogP contribution in [0.2, 0.25) is 0 Å². The largest absolute Gasteiger partial charge is 0.206 e. The third-order valence-electron chi connectivity index (χ3n) is 1.93. The lowest BCUT2D eigenvalue weighted by Gasteiger charge is -1.99. The van der Waals surface area contributed by atoms with Crippen LogP contribution in [0.4, 0.5) is 8.78 Å². The first kappa shape index (κ1) is 12.0. The molecule has 0 saturated heterocycles. The van der Waals surface area contributed by atoms with Gasteiger partial charge in [0.2, 0.25) is 0 Å². The predicted molar refractivity (Wildman–Crippen MR) is 57.9 cm³/mol. The Balaban J connectivity index is 2.92. The molecule has 1 aromatic carbocycles. The molecule has 0 nitrogen and oxygen atoms in total. The highest BCUT2D eigenvalue weighted by atomic mass is 35.5. The van der Waals surface area contributed by atoms with Crippen LogP contribution in [-0.4, -0.2) is 5.88 Å². The first-order valence-corrected chi connectivity index (χ1v) is 5.19. The second-order valence-corrected chi connectivity index (χ2v) is 3.53. The van der Waals surface area contributed by atoms with Gasteiger partial charge in [-0.05, 0) is 25.0 Å². The maximum absolute atomic E-state index is 13.4. The van der Waals surface area contributed by atoms with Crippen LogP contribution in [-0.2, 0) is 0 Å². The third-order valence-corrected chi connectivity index (χ3v) is 2.20. The highest BCUT2D eigenvalue weighted by molar-refractivity contribution is 6.17. The molecule has 15 heavy (non-hydrogen) atoms. The first-order valence-electron chi connectivity index (χ1n) is 4.66. The third kappa shape index (κ3) is 3.21. The summed E-state index contributed by atoms with van der Waals surface area (Å²) in [6, 6.07) is 2.62. The highest BCUT2D eigenvalue weighted by Gasteiger charge is 2.08. The number of hydrogen-bond acceptors (Lipinski definition) is 0. The fourth-order valence-electron chi connectivity index (χ4n) is 1.08. The predicted octanol–water partition coefficient (Wildman–Crippen LogP) is 3.64. The Bertz CT molecular complexity index is 402. The van der Waals surface area contributed by atoms with Crippen LogP contribution in [0.5, 0.6) is 0 Å². The molecule has 1 rings (SSSR count). The molecule has 0 atom stereocenters. The van der Waals surface area contributed by atoms with Crippen LogP contribution in [0.3, 0.4) is 0 Å². The maximum atomic E-state index is 13.4. The molecule has 0 N–H and O–H groups in total. The van der Waals surface area contributed by atoms with E-state index in [0.717, 1.165) is 6.42 Å². The fraction of sp³-hybridized carbons (Fsp3) is 0.333. The second kappa shape index (κ2) is 5.72. The summed E-state index contributed by atoms with van der Waals surface area (Å²) in [5.41, 5.74) is 0.252. The van der Waals surface area contributed by atoms with Gasteiger partial charge in [0, 0.05) is 12.3 Å². The summed E-state index contributed by atoms with van der Waals surface area (Å²) >= 11 is 5.46. The van der Waals surface area contributed by atoms with Gasteiger partial charge in [0.05, 0.1) is 5.56 Å². The summed E-state index contributed by atoms with van der Waals surface area (Å²) in [6.07, 6.45) is 1.28. The number of benzene rings is 1. The van der Waals surface area contributed by atoms with Crippen molar-refractivity contribution in [3.05, 3.63) is 34.9 Å². The maximum Gasteiger partial charge on any atom is 0.144 e. The molecule has 0 aromatic heterocycles. The van der Waals surface area contributed by atoms with E-state index < -0.39 is 11.6 Å². The van der Waals surface area contributed by atoms with Crippen molar-refractivity contribution < 1.29 is 8.78 Å². The first-order chi connectivity index (χ1) is 7.16. The summed E-state index contributed by atoms with van der Waals surface area (Å²) in [7, 11) is 0. The lowest BCUT2D eigenvalue weighted by Crippen LogP contribution is -1.93. The van der Waals surface area contributed by atoms with Crippen molar-refractivity contribution >= 4 is 11.6 Å². The van der Waals surface area contributed by atoms with E-state index in [1.165, 1.54) is 12.1 Å². The van der Waals surface area contributed by atoms with Gasteiger partial charge in [0.15, 0.2) is 0 Å². The van der Waals surface area contributed by atoms with E-state index in [4.69, 9.17) is 11.6 Å². The van der Waals surface area contributed by atoms with Gasteiger partial charge in [-0.15, -0.1) is 11.6 Å². The molecule has 0 spiro atoms. The molecule has 0 unspecified atom stereocenters. The van der Waals surface area contributed by atoms with Crippen molar-refractivity contribution in [2.24, 2.45) is 0 Å². The van der Waals surface area contributed by atoms with E-state index in [9.17, 15) is 8.78 Å². The molecule has 0 aliphatic rings. The van der Waals surface area contributed by atoms with Gasteiger partial charge in [-0.2, -0.15) is 0 Å². The van der Waals surface area contributed by atoms with E-state index >= 15 is 0 Å². The fourth-order valence-corrected chi connectivity index (χ4v) is 1.21. The molecule has 1 aromatic rings. The van der Waals surface area contributed by atoms with Crippen LogP contribution in [0.1, 0.15) is 24.0 Å². The number of aryl methyl sites for hydroxylation is 1. The Hall–Kier alpha value is -1.07. The zero-order valence-corrected chi connectivity index (χ0v) is 9.17. The van der Waals surface area contributed by atoms with Gasteiger partial charge in [-0.25, -0.2) is 8.78 Å². The van der Waals surface area contributed by atoms with Gasteiger partial charge in [-0.3, -0.25) is 0 Å². The zero-order valence-electron chi connectivity index (χ0n) is 8.41. The smallest absolute Gasteiger partial charge is 0.144 e. The van der Waals surface area contributed by atoms with Gasteiger partial charge in [-0.1, -0.05) is 17.9 Å². The summed E-state index contributed by atoms with van der Waals surface area (Å²) in [5, 5.41) is 0. The molecule has 0 aliphatic heterocycles. The van der Waals surface area contributed by atoms with Crippen molar-refractivity contribution in [1.82, 2.24) is 0 Å². The number of alkyl halides is 1. The summed E-state index contributed by atoms with van der Waals surface area (Å²) < 4.78 is 26.6. The minimum Gasteiger partial charge on any atom is -0.206 e. The number of halogens is 3. The molecule has 0 fully saturated rings. The van der Waals surface area contributed by atoms with Crippen molar-refractivity contribution in [1.29, 1.82) is 0 Å². The van der Waals surface area contributed by atoms with Crippen molar-refractivity contribution in [2.45, 2.75) is 19.8 Å². The average Bonchev–Trinajstić information content (AvgIpc) is 2.23. The monoisotopic (exact) mass is 228 g/mol. The quantitative estimate of drug-likeness (QED) is 0.412. The van der Waals surface area contributed by atoms with E-state index in [1.54, 1.807) is 6.92 Å². The molecule has 0 radical (unpaired) electrons. The Kier molecular flexibility index (Phi) is 4.58. The Labute approximate surface area is 93.3 Å². The molecular formula is C12H11ClF2. The summed E-state index contributed by atoms with van der Waals surface area (Å²) in [6.45, 7) is 1.58. The van der Waals surface area contributed by atoms with Crippen molar-refractivity contribution in [2.75, 3.05) is 5.88 Å². The highest BCUT2D eigenvalue weighted by Crippen LogP contribution is 2.14. The van der Waals surface area contributed by atoms with Gasteiger partial charge in [0.1, 0.15) is 11.6 Å². The number of hydrogen-bond donors (Lipinski definition) is 0. The summed E-state index contributed by atoms with van der Waals surface area (Å²) in [4.78, 5) is 0. The van der Waals surface area contributed by atoms with E-state index in [1.807, 2.05) is 0 Å². The van der Waals surface area contributed by atoms with Crippen LogP contribution in [0, 0.1) is 30.4 Å². The molecule has 80 valence electrons. The van der Waals surface area contributed by atoms with Gasteiger partial charge in [0.25, 0.3) is 0 Å². The molecule has 0 bridgehead atoms. The van der Waals surface area contributed by atoms with Crippen LogP contribution in [0.25, 0.3) is 0 Å². The lowest BCUT2D eigenvalue weighted by molar-refractivity contribution is 0.571. The Morgan fingerprint density at radius 2 is 2.07 bits per heavy atom. The van der Waals surface area contributed by atoms with E-state index in [2.05, 4.69) is 11.8 Å². The summed E-state index contributed by atoms with van der Waals surface area (Å²) in [5.74, 6) is 4.51. The standard InChI is InChI=1S/C12H11ClF2/c1-9-6-7-11(14)10(12(9)15)5-3-2-4-8-13/h6-7H,2,4,8H2,1H3. The van der Waals surface area contributed by atoms with Crippen LogP contribution < -0.4 is 0 Å². The zero-order chi connectivity index (χ0) is 11.3. The topological polar surface area (TPSA) is 0 Å². The van der Waals surface area contributed by atoms with Gasteiger partial charge < -0.3 is 0 Å². The van der Waals surface area contributed by atoms with Crippen molar-refractivity contribution in [3.63, 3.8) is 0 Å². The van der Waals surface area contributed by atoms with Gasteiger partial charge >= 0.3 is 0 Å². The SMILES string of the molecule is Cc1ccc(F)c(C#CCCCCl)c1F. The average molecular weight is 229 g/mol. The molecular weight excluding hydrogens is 218 g/mol. The minimum absolute atomic E-state index is 0.149. The van der Waals surface area contributed by atoms with Crippen molar-refractivity contribution in [3.8, 4) is 11.8 Å². The van der Waals surface area contributed by atoms with E-state index in [0.29, 0.717) is 17.9 Å². The molecule has 0 aliphatic carbocycles. The normalized spacial score (nSPS) is 9.60. The van der Waals surface area contributed by atoms with Crippen LogP contribution >= 0.6 is 11.6 Å². The molecule has 3 heteroatoms. The number of unbranched alkanes of at least 4 members (excludes halogenated alkanes) is 1. The second-order valence-electron chi connectivity index (χ2n) is 3.15.